The zero-order chi connectivity index (χ0) is 14.1. The molecule has 0 radical (unpaired) electrons. The third-order valence-electron chi connectivity index (χ3n) is 3.45. The molecule has 0 aliphatic rings. The molecule has 0 saturated heterocycles. The Bertz CT molecular complexity index is 762. The van der Waals surface area contributed by atoms with Crippen LogP contribution < -0.4 is 5.32 Å². The predicted molar refractivity (Wildman–Crippen MR) is 83.4 cm³/mol. The maximum absolute atomic E-state index is 6.15. The lowest BCUT2D eigenvalue weighted by Crippen LogP contribution is -2.03. The smallest absolute Gasteiger partial charge is 0.160 e. The summed E-state index contributed by atoms with van der Waals surface area (Å²) in [5.74, 6) is 0. The molecule has 102 valence electrons. The minimum atomic E-state index is 0.734. The monoisotopic (exact) mass is 285 g/mol. The van der Waals surface area contributed by atoms with Crippen LogP contribution in [0, 0.1) is 13.8 Å². The number of nitrogens with one attached hydrogen (secondary N) is 1. The highest BCUT2D eigenvalue weighted by Crippen LogP contribution is 2.21. The van der Waals surface area contributed by atoms with Gasteiger partial charge < -0.3 is 9.72 Å². The summed E-state index contributed by atoms with van der Waals surface area (Å²) in [5, 5.41) is 4.25. The van der Waals surface area contributed by atoms with Crippen LogP contribution in [-0.4, -0.2) is 9.38 Å². The molecule has 0 aliphatic heterocycles. The molecule has 0 atom stereocenters. The van der Waals surface area contributed by atoms with Gasteiger partial charge in [0, 0.05) is 24.0 Å². The summed E-state index contributed by atoms with van der Waals surface area (Å²) in [6.45, 7) is 4.77. The number of hydrogen-bond acceptors (Lipinski definition) is 2. The van der Waals surface area contributed by atoms with Crippen LogP contribution in [0.2, 0.25) is 5.02 Å². The largest absolute Gasteiger partial charge is 0.378 e. The standard InChI is InChI=1S/C16H16ClN3/c1-11-10-20-8-4-7-15(16(20)19-11)18-9-13-5-3-6-14(17)12(13)2/h3-8,10,18H,9H2,1-2H3. The van der Waals surface area contributed by atoms with Crippen molar-refractivity contribution in [3.8, 4) is 0 Å². The van der Waals surface area contributed by atoms with Gasteiger partial charge in [0.05, 0.1) is 11.4 Å². The van der Waals surface area contributed by atoms with Crippen molar-refractivity contribution >= 4 is 22.9 Å². The van der Waals surface area contributed by atoms with Gasteiger partial charge in [0.1, 0.15) is 0 Å². The van der Waals surface area contributed by atoms with Crippen molar-refractivity contribution in [1.29, 1.82) is 0 Å². The van der Waals surface area contributed by atoms with E-state index in [-0.39, 0.29) is 0 Å². The molecular weight excluding hydrogens is 270 g/mol. The van der Waals surface area contributed by atoms with Crippen molar-refractivity contribution in [2.45, 2.75) is 20.4 Å². The van der Waals surface area contributed by atoms with E-state index in [1.807, 2.05) is 54.9 Å². The molecule has 3 aromatic rings. The quantitative estimate of drug-likeness (QED) is 0.781. The lowest BCUT2D eigenvalue weighted by Gasteiger charge is -2.10. The van der Waals surface area contributed by atoms with Crippen LogP contribution in [0.4, 0.5) is 5.69 Å². The van der Waals surface area contributed by atoms with E-state index >= 15 is 0 Å². The number of hydrogen-bond donors (Lipinski definition) is 1. The van der Waals surface area contributed by atoms with Crippen molar-refractivity contribution in [1.82, 2.24) is 9.38 Å². The Morgan fingerprint density at radius 1 is 1.20 bits per heavy atom. The van der Waals surface area contributed by atoms with E-state index < -0.39 is 0 Å². The van der Waals surface area contributed by atoms with E-state index in [1.165, 1.54) is 5.56 Å². The summed E-state index contributed by atoms with van der Waals surface area (Å²) in [4.78, 5) is 4.54. The van der Waals surface area contributed by atoms with Gasteiger partial charge in [-0.25, -0.2) is 4.98 Å². The molecule has 0 unspecified atom stereocenters. The summed E-state index contributed by atoms with van der Waals surface area (Å²) in [6.07, 6.45) is 4.02. The number of fused-ring (bicyclic) bond motifs is 1. The lowest BCUT2D eigenvalue weighted by atomic mass is 10.1. The average Bonchev–Trinajstić information content (AvgIpc) is 2.81. The van der Waals surface area contributed by atoms with Gasteiger partial charge in [-0.3, -0.25) is 0 Å². The van der Waals surface area contributed by atoms with Gasteiger partial charge in [0.15, 0.2) is 5.65 Å². The van der Waals surface area contributed by atoms with E-state index in [1.54, 1.807) is 0 Å². The van der Waals surface area contributed by atoms with Crippen LogP contribution in [-0.2, 0) is 6.54 Å². The summed E-state index contributed by atoms with van der Waals surface area (Å²) < 4.78 is 2.03. The van der Waals surface area contributed by atoms with Crippen LogP contribution in [0.1, 0.15) is 16.8 Å². The Morgan fingerprint density at radius 2 is 2.05 bits per heavy atom. The van der Waals surface area contributed by atoms with Crippen molar-refractivity contribution in [2.24, 2.45) is 0 Å². The minimum Gasteiger partial charge on any atom is -0.378 e. The Labute approximate surface area is 123 Å². The van der Waals surface area contributed by atoms with E-state index in [0.29, 0.717) is 0 Å². The van der Waals surface area contributed by atoms with Crippen molar-refractivity contribution in [3.63, 3.8) is 0 Å². The number of pyridine rings is 1. The van der Waals surface area contributed by atoms with Gasteiger partial charge in [0.25, 0.3) is 0 Å². The third-order valence-corrected chi connectivity index (χ3v) is 3.86. The number of halogens is 1. The molecule has 1 N–H and O–H groups in total. The second kappa shape index (κ2) is 5.17. The van der Waals surface area contributed by atoms with Gasteiger partial charge in [0.2, 0.25) is 0 Å². The maximum atomic E-state index is 6.15. The molecule has 3 nitrogen and oxygen atoms in total. The van der Waals surface area contributed by atoms with Crippen LogP contribution >= 0.6 is 11.6 Å². The number of aromatic nitrogens is 2. The van der Waals surface area contributed by atoms with Crippen molar-refractivity contribution in [3.05, 3.63) is 64.6 Å². The van der Waals surface area contributed by atoms with Crippen LogP contribution in [0.3, 0.4) is 0 Å². The molecule has 0 spiro atoms. The highest BCUT2D eigenvalue weighted by atomic mass is 35.5. The Morgan fingerprint density at radius 3 is 2.90 bits per heavy atom. The van der Waals surface area contributed by atoms with Gasteiger partial charge in [-0.2, -0.15) is 0 Å². The maximum Gasteiger partial charge on any atom is 0.160 e. The highest BCUT2D eigenvalue weighted by Gasteiger charge is 2.06. The fourth-order valence-corrected chi connectivity index (χ4v) is 2.50. The molecule has 1 aromatic carbocycles. The zero-order valence-corrected chi connectivity index (χ0v) is 12.3. The van der Waals surface area contributed by atoms with E-state index in [9.17, 15) is 0 Å². The second-order valence-electron chi connectivity index (χ2n) is 4.91. The number of benzene rings is 1. The van der Waals surface area contributed by atoms with E-state index in [0.717, 1.165) is 34.2 Å². The Balaban J connectivity index is 1.88. The molecule has 0 saturated carbocycles. The topological polar surface area (TPSA) is 29.3 Å². The molecule has 3 rings (SSSR count). The first-order chi connectivity index (χ1) is 9.65. The Kier molecular flexibility index (Phi) is 3.36. The molecule has 0 fully saturated rings. The van der Waals surface area contributed by atoms with Gasteiger partial charge in [-0.05, 0) is 43.2 Å². The molecule has 0 bridgehead atoms. The number of rotatable bonds is 3. The summed E-state index contributed by atoms with van der Waals surface area (Å²) >= 11 is 6.15. The molecule has 0 amide bonds. The van der Waals surface area contributed by atoms with E-state index in [2.05, 4.69) is 16.4 Å². The number of anilines is 1. The fourth-order valence-electron chi connectivity index (χ4n) is 2.31. The lowest BCUT2D eigenvalue weighted by molar-refractivity contribution is 1.10. The molecule has 20 heavy (non-hydrogen) atoms. The average molecular weight is 286 g/mol. The molecule has 0 aliphatic carbocycles. The van der Waals surface area contributed by atoms with E-state index in [4.69, 9.17) is 11.6 Å². The second-order valence-corrected chi connectivity index (χ2v) is 5.32. The van der Waals surface area contributed by atoms with Crippen LogP contribution in [0.5, 0.6) is 0 Å². The number of nitrogens with zero attached hydrogens (tertiary/aromatic N) is 2. The van der Waals surface area contributed by atoms with Gasteiger partial charge >= 0.3 is 0 Å². The van der Waals surface area contributed by atoms with Crippen LogP contribution in [0.25, 0.3) is 5.65 Å². The summed E-state index contributed by atoms with van der Waals surface area (Å²) in [7, 11) is 0. The van der Waals surface area contributed by atoms with Crippen molar-refractivity contribution in [2.75, 3.05) is 5.32 Å². The molecule has 2 aromatic heterocycles. The summed E-state index contributed by atoms with van der Waals surface area (Å²) in [5.41, 5.74) is 5.30. The molecule has 4 heteroatoms. The van der Waals surface area contributed by atoms with Gasteiger partial charge in [-0.1, -0.05) is 23.7 Å². The first-order valence-electron chi connectivity index (χ1n) is 6.57. The third kappa shape index (κ3) is 2.37. The van der Waals surface area contributed by atoms with Crippen LogP contribution in [0.15, 0.2) is 42.7 Å². The summed E-state index contributed by atoms with van der Waals surface area (Å²) in [6, 6.07) is 10.0. The fraction of sp³-hybridized carbons (Fsp3) is 0.188. The highest BCUT2D eigenvalue weighted by molar-refractivity contribution is 6.31. The zero-order valence-electron chi connectivity index (χ0n) is 11.5. The first-order valence-corrected chi connectivity index (χ1v) is 6.95. The SMILES string of the molecule is Cc1cn2cccc(NCc3cccc(Cl)c3C)c2n1. The molecular formula is C16H16ClN3. The molecule has 2 heterocycles. The predicted octanol–water partition coefficient (Wildman–Crippen LogP) is 4.22. The Hall–Kier alpha value is -2.00. The normalized spacial score (nSPS) is 10.9. The number of aryl methyl sites for hydroxylation is 1. The minimum absolute atomic E-state index is 0.734. The van der Waals surface area contributed by atoms with Crippen molar-refractivity contribution < 1.29 is 0 Å². The first kappa shape index (κ1) is 13.0. The van der Waals surface area contributed by atoms with Gasteiger partial charge in [-0.15, -0.1) is 0 Å². The number of imidazole rings is 1.